The van der Waals surface area contributed by atoms with E-state index in [4.69, 9.17) is 0 Å². The lowest BCUT2D eigenvalue weighted by atomic mass is 9.90. The molecule has 2 aromatic carbocycles. The lowest BCUT2D eigenvalue weighted by molar-refractivity contribution is -0.122. The number of alkyl halides is 3. The van der Waals surface area contributed by atoms with Gasteiger partial charge in [0.2, 0.25) is 5.91 Å². The van der Waals surface area contributed by atoms with Gasteiger partial charge in [-0.1, -0.05) is 60.7 Å². The van der Waals surface area contributed by atoms with Crippen LogP contribution >= 0.6 is 0 Å². The molecule has 0 aromatic heterocycles. The molecule has 5 heteroatoms. The SMILES string of the molecule is C[C@@H](NC(=O)CCC1C=CC=C(C(F)(F)F)C1)c1cccc2ccccc12. The number of rotatable bonds is 5. The lowest BCUT2D eigenvalue weighted by Gasteiger charge is -2.21. The van der Waals surface area contributed by atoms with E-state index in [1.165, 1.54) is 6.08 Å². The number of halogens is 3. The van der Waals surface area contributed by atoms with Crippen molar-refractivity contribution in [3.63, 3.8) is 0 Å². The molecule has 1 aliphatic carbocycles. The van der Waals surface area contributed by atoms with Crippen molar-refractivity contribution in [1.29, 1.82) is 0 Å². The predicted octanol–water partition coefficient (Wildman–Crippen LogP) is 5.86. The second-order valence-electron chi connectivity index (χ2n) is 6.94. The number of amides is 1. The Balaban J connectivity index is 1.57. The van der Waals surface area contributed by atoms with Crippen LogP contribution in [0.2, 0.25) is 0 Å². The molecule has 0 saturated heterocycles. The van der Waals surface area contributed by atoms with Gasteiger partial charge in [0, 0.05) is 12.0 Å². The number of carbonyl (C=O) groups excluding carboxylic acids is 1. The topological polar surface area (TPSA) is 29.1 Å². The Morgan fingerprint density at radius 1 is 1.19 bits per heavy atom. The van der Waals surface area contributed by atoms with Crippen LogP contribution in [0.25, 0.3) is 10.8 Å². The molecular formula is C22H22F3NO. The maximum Gasteiger partial charge on any atom is 0.412 e. The molecule has 0 fully saturated rings. The Morgan fingerprint density at radius 2 is 1.93 bits per heavy atom. The van der Waals surface area contributed by atoms with Gasteiger partial charge in [0.15, 0.2) is 0 Å². The number of hydrogen-bond donors (Lipinski definition) is 1. The summed E-state index contributed by atoms with van der Waals surface area (Å²) in [5.74, 6) is -0.405. The van der Waals surface area contributed by atoms with Crippen LogP contribution in [0.1, 0.15) is 37.8 Å². The van der Waals surface area contributed by atoms with E-state index >= 15 is 0 Å². The van der Waals surface area contributed by atoms with Crippen molar-refractivity contribution in [2.24, 2.45) is 5.92 Å². The smallest absolute Gasteiger partial charge is 0.350 e. The van der Waals surface area contributed by atoms with Crippen molar-refractivity contribution in [3.8, 4) is 0 Å². The molecule has 0 saturated carbocycles. The largest absolute Gasteiger partial charge is 0.412 e. The Hall–Kier alpha value is -2.56. The summed E-state index contributed by atoms with van der Waals surface area (Å²) < 4.78 is 38.5. The summed E-state index contributed by atoms with van der Waals surface area (Å²) in [5.41, 5.74) is 0.501. The zero-order valence-electron chi connectivity index (χ0n) is 15.1. The first-order valence-electron chi connectivity index (χ1n) is 9.06. The van der Waals surface area contributed by atoms with Crippen molar-refractivity contribution in [2.45, 2.75) is 38.4 Å². The molecule has 27 heavy (non-hydrogen) atoms. The van der Waals surface area contributed by atoms with Crippen LogP contribution in [0.3, 0.4) is 0 Å². The molecule has 1 amide bonds. The predicted molar refractivity (Wildman–Crippen MR) is 101 cm³/mol. The minimum absolute atomic E-state index is 0.0633. The minimum Gasteiger partial charge on any atom is -0.350 e. The Bertz CT molecular complexity index is 877. The average Bonchev–Trinajstić information content (AvgIpc) is 2.65. The van der Waals surface area contributed by atoms with Crippen LogP contribution in [0.4, 0.5) is 13.2 Å². The Morgan fingerprint density at radius 3 is 2.70 bits per heavy atom. The zero-order chi connectivity index (χ0) is 19.4. The fourth-order valence-corrected chi connectivity index (χ4v) is 3.49. The molecule has 1 aliphatic rings. The zero-order valence-corrected chi connectivity index (χ0v) is 15.1. The number of allylic oxidation sites excluding steroid dienone is 4. The van der Waals surface area contributed by atoms with Crippen molar-refractivity contribution in [3.05, 3.63) is 71.8 Å². The second kappa shape index (κ2) is 7.99. The quantitative estimate of drug-likeness (QED) is 0.699. The molecule has 1 N–H and O–H groups in total. The fourth-order valence-electron chi connectivity index (χ4n) is 3.49. The van der Waals surface area contributed by atoms with Gasteiger partial charge in [-0.15, -0.1) is 0 Å². The van der Waals surface area contributed by atoms with Gasteiger partial charge < -0.3 is 5.32 Å². The lowest BCUT2D eigenvalue weighted by Crippen LogP contribution is -2.27. The first-order chi connectivity index (χ1) is 12.8. The van der Waals surface area contributed by atoms with Crippen molar-refractivity contribution in [1.82, 2.24) is 5.32 Å². The van der Waals surface area contributed by atoms with E-state index in [-0.39, 0.29) is 30.7 Å². The second-order valence-corrected chi connectivity index (χ2v) is 6.94. The van der Waals surface area contributed by atoms with E-state index in [0.717, 1.165) is 22.4 Å². The standard InChI is InChI=1S/C22H22F3NO/c1-15(19-11-5-8-17-7-2-3-10-20(17)19)26-21(27)13-12-16-6-4-9-18(14-16)22(23,24)25/h2-11,15-16H,12-14H2,1H3,(H,26,27)/t15-,16?/m1/s1. The van der Waals surface area contributed by atoms with E-state index < -0.39 is 11.7 Å². The third kappa shape index (κ3) is 4.79. The van der Waals surface area contributed by atoms with Crippen molar-refractivity contribution < 1.29 is 18.0 Å². The van der Waals surface area contributed by atoms with Crippen LogP contribution in [0.5, 0.6) is 0 Å². The van der Waals surface area contributed by atoms with Crippen molar-refractivity contribution in [2.75, 3.05) is 0 Å². The van der Waals surface area contributed by atoms with Crippen LogP contribution < -0.4 is 5.32 Å². The van der Waals surface area contributed by atoms with Gasteiger partial charge in [0.05, 0.1) is 6.04 Å². The van der Waals surface area contributed by atoms with Gasteiger partial charge in [0.1, 0.15) is 0 Å². The molecule has 2 atom stereocenters. The molecule has 0 heterocycles. The van der Waals surface area contributed by atoms with E-state index in [0.29, 0.717) is 6.42 Å². The molecule has 0 aliphatic heterocycles. The van der Waals surface area contributed by atoms with Gasteiger partial charge in [-0.2, -0.15) is 13.2 Å². The fraction of sp³-hybridized carbons (Fsp3) is 0.318. The highest BCUT2D eigenvalue weighted by Gasteiger charge is 2.35. The van der Waals surface area contributed by atoms with Crippen LogP contribution in [-0.4, -0.2) is 12.1 Å². The summed E-state index contributed by atoms with van der Waals surface area (Å²) in [7, 11) is 0. The summed E-state index contributed by atoms with van der Waals surface area (Å²) in [4.78, 5) is 12.3. The van der Waals surface area contributed by atoms with Crippen LogP contribution in [0, 0.1) is 5.92 Å². The Labute approximate surface area is 156 Å². The molecule has 142 valence electrons. The number of carbonyl (C=O) groups is 1. The summed E-state index contributed by atoms with van der Waals surface area (Å²) in [6, 6.07) is 13.8. The number of fused-ring (bicyclic) bond motifs is 1. The molecule has 0 spiro atoms. The van der Waals surface area contributed by atoms with Crippen LogP contribution in [-0.2, 0) is 4.79 Å². The highest BCUT2D eigenvalue weighted by Crippen LogP contribution is 2.34. The molecule has 1 unspecified atom stereocenters. The summed E-state index contributed by atoms with van der Waals surface area (Å²) in [6.07, 6.45) is 0.539. The summed E-state index contributed by atoms with van der Waals surface area (Å²) in [5, 5.41) is 5.16. The molecule has 3 rings (SSSR count). The number of benzene rings is 2. The van der Waals surface area contributed by atoms with E-state index in [1.807, 2.05) is 49.4 Å². The number of hydrogen-bond acceptors (Lipinski definition) is 1. The van der Waals surface area contributed by atoms with Gasteiger partial charge in [-0.05, 0) is 42.0 Å². The average molecular weight is 373 g/mol. The maximum atomic E-state index is 12.8. The summed E-state index contributed by atoms with van der Waals surface area (Å²) in [6.45, 7) is 1.92. The molecule has 0 bridgehead atoms. The van der Waals surface area contributed by atoms with E-state index in [9.17, 15) is 18.0 Å². The minimum atomic E-state index is -4.30. The molecular weight excluding hydrogens is 351 g/mol. The van der Waals surface area contributed by atoms with E-state index in [2.05, 4.69) is 5.32 Å². The van der Waals surface area contributed by atoms with Gasteiger partial charge in [0.25, 0.3) is 0 Å². The van der Waals surface area contributed by atoms with Crippen molar-refractivity contribution >= 4 is 16.7 Å². The molecule has 2 nitrogen and oxygen atoms in total. The third-order valence-electron chi connectivity index (χ3n) is 4.94. The highest BCUT2D eigenvalue weighted by atomic mass is 19.4. The van der Waals surface area contributed by atoms with Gasteiger partial charge in [-0.25, -0.2) is 0 Å². The van der Waals surface area contributed by atoms with E-state index in [1.54, 1.807) is 6.08 Å². The first kappa shape index (κ1) is 19.2. The molecule has 2 aromatic rings. The van der Waals surface area contributed by atoms with Gasteiger partial charge in [-0.3, -0.25) is 4.79 Å². The van der Waals surface area contributed by atoms with Gasteiger partial charge >= 0.3 is 6.18 Å². The Kier molecular flexibility index (Phi) is 5.68. The van der Waals surface area contributed by atoms with Crippen LogP contribution in [0.15, 0.2) is 66.3 Å². The first-order valence-corrected chi connectivity index (χ1v) is 9.06. The third-order valence-corrected chi connectivity index (χ3v) is 4.94. The maximum absolute atomic E-state index is 12.8. The normalized spacial score (nSPS) is 18.2. The summed E-state index contributed by atoms with van der Waals surface area (Å²) >= 11 is 0. The monoisotopic (exact) mass is 373 g/mol. The number of nitrogens with one attached hydrogen (secondary N) is 1. The highest BCUT2D eigenvalue weighted by molar-refractivity contribution is 5.86. The molecule has 0 radical (unpaired) electrons.